The van der Waals surface area contributed by atoms with E-state index in [2.05, 4.69) is 25.9 Å². The molecule has 0 bridgehead atoms. The summed E-state index contributed by atoms with van der Waals surface area (Å²) in [5.74, 6) is 0.400. The monoisotopic (exact) mass is 313 g/mol. The highest BCUT2D eigenvalue weighted by molar-refractivity contribution is 9.10. The zero-order valence-corrected chi connectivity index (χ0v) is 11.1. The fourth-order valence-corrected chi connectivity index (χ4v) is 1.97. The molecule has 1 heterocycles. The van der Waals surface area contributed by atoms with Gasteiger partial charge in [0.05, 0.1) is 23.6 Å². The maximum Gasteiger partial charge on any atom is 0.278 e. The Morgan fingerprint density at radius 3 is 2.39 bits per heavy atom. The van der Waals surface area contributed by atoms with Gasteiger partial charge in [0.1, 0.15) is 11.0 Å². The summed E-state index contributed by atoms with van der Waals surface area (Å²) in [5, 5.41) is 10.8. The second kappa shape index (κ2) is 4.73. The van der Waals surface area contributed by atoms with Gasteiger partial charge in [-0.3, -0.25) is 10.1 Å². The SMILES string of the molecule is COc1nc2cc([N+](=O)[O-])cc(Br)c2nc1OC. The number of nitrogens with zero attached hydrogens (tertiary/aromatic N) is 3. The maximum absolute atomic E-state index is 10.8. The number of nitro groups is 1. The number of nitro benzene ring substituents is 1. The first-order chi connectivity index (χ1) is 8.56. The number of fused-ring (bicyclic) bond motifs is 1. The Balaban J connectivity index is 2.76. The molecule has 0 aliphatic rings. The Morgan fingerprint density at radius 2 is 1.83 bits per heavy atom. The van der Waals surface area contributed by atoms with Crippen LogP contribution < -0.4 is 9.47 Å². The van der Waals surface area contributed by atoms with Gasteiger partial charge in [0.25, 0.3) is 17.4 Å². The minimum absolute atomic E-state index is 0.0732. The normalized spacial score (nSPS) is 10.4. The summed E-state index contributed by atoms with van der Waals surface area (Å²) < 4.78 is 10.5. The molecule has 0 N–H and O–H groups in total. The van der Waals surface area contributed by atoms with Crippen molar-refractivity contribution < 1.29 is 14.4 Å². The Labute approximate surface area is 110 Å². The molecule has 0 spiro atoms. The standard InChI is InChI=1S/C10H8BrN3O4/c1-17-9-10(18-2)13-8-6(11)3-5(14(15)16)4-7(8)12-9/h3-4H,1-2H3. The van der Waals surface area contributed by atoms with Crippen molar-refractivity contribution in [2.75, 3.05) is 14.2 Å². The summed E-state index contributed by atoms with van der Waals surface area (Å²) in [4.78, 5) is 18.6. The molecule has 8 heteroatoms. The van der Waals surface area contributed by atoms with Gasteiger partial charge in [0.15, 0.2) is 0 Å². The van der Waals surface area contributed by atoms with Crippen LogP contribution in [-0.4, -0.2) is 29.1 Å². The van der Waals surface area contributed by atoms with Crippen molar-refractivity contribution in [2.24, 2.45) is 0 Å². The van der Waals surface area contributed by atoms with Crippen LogP contribution in [0.1, 0.15) is 0 Å². The molecular weight excluding hydrogens is 306 g/mol. The highest BCUT2D eigenvalue weighted by atomic mass is 79.9. The van der Waals surface area contributed by atoms with Crippen molar-refractivity contribution in [2.45, 2.75) is 0 Å². The summed E-state index contributed by atoms with van der Waals surface area (Å²) in [6, 6.07) is 2.69. The highest BCUT2D eigenvalue weighted by Crippen LogP contribution is 2.32. The van der Waals surface area contributed by atoms with Gasteiger partial charge >= 0.3 is 0 Å². The largest absolute Gasteiger partial charge is 0.477 e. The molecule has 0 unspecified atom stereocenters. The second-order valence-electron chi connectivity index (χ2n) is 3.29. The molecule has 7 nitrogen and oxygen atoms in total. The van der Waals surface area contributed by atoms with E-state index < -0.39 is 4.92 Å². The Kier molecular flexibility index (Phi) is 3.28. The number of methoxy groups -OCH3 is 2. The molecule has 2 rings (SSSR count). The second-order valence-corrected chi connectivity index (χ2v) is 4.15. The van der Waals surface area contributed by atoms with E-state index >= 15 is 0 Å². The van der Waals surface area contributed by atoms with Gasteiger partial charge in [-0.05, 0) is 15.9 Å². The van der Waals surface area contributed by atoms with Gasteiger partial charge < -0.3 is 9.47 Å². The zero-order chi connectivity index (χ0) is 13.3. The number of benzene rings is 1. The lowest BCUT2D eigenvalue weighted by Crippen LogP contribution is -1.98. The summed E-state index contributed by atoms with van der Waals surface area (Å²) in [6.07, 6.45) is 0. The average molecular weight is 314 g/mol. The molecule has 1 aromatic carbocycles. The third-order valence-corrected chi connectivity index (χ3v) is 2.85. The lowest BCUT2D eigenvalue weighted by molar-refractivity contribution is -0.384. The first-order valence-electron chi connectivity index (χ1n) is 4.80. The predicted octanol–water partition coefficient (Wildman–Crippen LogP) is 2.32. The van der Waals surface area contributed by atoms with Crippen molar-refractivity contribution in [1.29, 1.82) is 0 Å². The van der Waals surface area contributed by atoms with Crippen LogP contribution in [0, 0.1) is 10.1 Å². The first-order valence-corrected chi connectivity index (χ1v) is 5.59. The number of non-ortho nitro benzene ring substituents is 1. The van der Waals surface area contributed by atoms with E-state index in [-0.39, 0.29) is 17.4 Å². The predicted molar refractivity (Wildman–Crippen MR) is 67.0 cm³/mol. The van der Waals surface area contributed by atoms with Crippen LogP contribution in [0.3, 0.4) is 0 Å². The zero-order valence-electron chi connectivity index (χ0n) is 9.51. The van der Waals surface area contributed by atoms with Crippen LogP contribution >= 0.6 is 15.9 Å². The quantitative estimate of drug-likeness (QED) is 0.638. The number of rotatable bonds is 3. The van der Waals surface area contributed by atoms with Gasteiger partial charge in [-0.15, -0.1) is 0 Å². The third kappa shape index (κ3) is 2.06. The van der Waals surface area contributed by atoms with Gasteiger partial charge in [-0.1, -0.05) is 0 Å². The maximum atomic E-state index is 10.8. The van der Waals surface area contributed by atoms with Crippen LogP contribution in [0.2, 0.25) is 0 Å². The molecule has 0 atom stereocenters. The molecule has 0 aliphatic heterocycles. The van der Waals surface area contributed by atoms with Gasteiger partial charge in [-0.2, -0.15) is 0 Å². The van der Waals surface area contributed by atoms with Crippen molar-refractivity contribution in [3.63, 3.8) is 0 Å². The van der Waals surface area contributed by atoms with Crippen molar-refractivity contribution in [1.82, 2.24) is 9.97 Å². The molecule has 0 saturated heterocycles. The average Bonchev–Trinajstić information content (AvgIpc) is 2.36. The van der Waals surface area contributed by atoms with E-state index in [1.165, 1.54) is 26.4 Å². The molecule has 0 fully saturated rings. The molecule has 0 amide bonds. The van der Waals surface area contributed by atoms with Gasteiger partial charge in [0.2, 0.25) is 0 Å². The number of aromatic nitrogens is 2. The topological polar surface area (TPSA) is 87.4 Å². The number of ether oxygens (including phenoxy) is 2. The molecule has 1 aromatic heterocycles. The van der Waals surface area contributed by atoms with Crippen molar-refractivity contribution in [3.8, 4) is 11.8 Å². The fourth-order valence-electron chi connectivity index (χ4n) is 1.44. The van der Waals surface area contributed by atoms with Crippen molar-refractivity contribution >= 4 is 32.7 Å². The molecule has 94 valence electrons. The lowest BCUT2D eigenvalue weighted by Gasteiger charge is -2.07. The van der Waals surface area contributed by atoms with Crippen molar-refractivity contribution in [3.05, 3.63) is 26.7 Å². The van der Waals surface area contributed by atoms with E-state index in [4.69, 9.17) is 9.47 Å². The minimum atomic E-state index is -0.497. The number of hydrogen-bond donors (Lipinski definition) is 0. The third-order valence-electron chi connectivity index (χ3n) is 2.24. The summed E-state index contributed by atoms with van der Waals surface area (Å²) in [7, 11) is 2.86. The summed E-state index contributed by atoms with van der Waals surface area (Å²) in [6.45, 7) is 0. The first kappa shape index (κ1) is 12.5. The Morgan fingerprint density at radius 1 is 1.22 bits per heavy atom. The molecule has 0 radical (unpaired) electrons. The molecule has 18 heavy (non-hydrogen) atoms. The van der Waals surface area contributed by atoms with Crippen LogP contribution in [-0.2, 0) is 0 Å². The van der Waals surface area contributed by atoms with Gasteiger partial charge in [-0.25, -0.2) is 9.97 Å². The minimum Gasteiger partial charge on any atom is -0.477 e. The van der Waals surface area contributed by atoms with E-state index in [1.54, 1.807) is 0 Å². The lowest BCUT2D eigenvalue weighted by atomic mass is 10.2. The molecule has 2 aromatic rings. The number of hydrogen-bond acceptors (Lipinski definition) is 6. The Hall–Kier alpha value is -1.96. The fraction of sp³-hybridized carbons (Fsp3) is 0.200. The van der Waals surface area contributed by atoms with E-state index in [9.17, 15) is 10.1 Å². The van der Waals surface area contributed by atoms with Crippen LogP contribution in [0.4, 0.5) is 5.69 Å². The van der Waals surface area contributed by atoms with Gasteiger partial charge in [0, 0.05) is 12.1 Å². The highest BCUT2D eigenvalue weighted by Gasteiger charge is 2.16. The summed E-state index contributed by atoms with van der Waals surface area (Å²) >= 11 is 3.22. The van der Waals surface area contributed by atoms with Crippen LogP contribution in [0.25, 0.3) is 11.0 Å². The molecule has 0 aliphatic carbocycles. The smallest absolute Gasteiger partial charge is 0.278 e. The Bertz CT molecular complexity index is 632. The van der Waals surface area contributed by atoms with E-state index in [0.29, 0.717) is 15.5 Å². The molecule has 0 saturated carbocycles. The van der Waals surface area contributed by atoms with Crippen LogP contribution in [0.15, 0.2) is 16.6 Å². The molecular formula is C10H8BrN3O4. The number of halogens is 1. The van der Waals surface area contributed by atoms with E-state index in [1.807, 2.05) is 0 Å². The summed E-state index contributed by atoms with van der Waals surface area (Å²) in [5.41, 5.74) is 0.753. The van der Waals surface area contributed by atoms with E-state index in [0.717, 1.165) is 0 Å². The van der Waals surface area contributed by atoms with Crippen LogP contribution in [0.5, 0.6) is 11.8 Å².